The van der Waals surface area contributed by atoms with Crippen molar-refractivity contribution in [1.29, 1.82) is 0 Å². The van der Waals surface area contributed by atoms with Gasteiger partial charge in [0.05, 0.1) is 26.4 Å². The van der Waals surface area contributed by atoms with Crippen LogP contribution in [0.25, 0.3) is 10.4 Å². The summed E-state index contributed by atoms with van der Waals surface area (Å²) in [6.07, 6.45) is -14.9. The third-order valence-corrected chi connectivity index (χ3v) is 8.13. The normalized spacial score (nSPS) is 32.8. The lowest BCUT2D eigenvalue weighted by Crippen LogP contribution is -2.67. The molecule has 13 nitrogen and oxygen atoms in total. The van der Waals surface area contributed by atoms with Crippen LogP contribution < -0.4 is 0 Å². The SMILES string of the molecule is [N-]=[N+]=N[C@H]1[C@@H](OC2[C@@H](O)[C@H](O)C(O)[C@@H](O)[C@H]2O)O[C@H](COCc2ccccc2)[C@@H](OCc2ccccc2)[C@@H]1OCc1ccccc1. The summed E-state index contributed by atoms with van der Waals surface area (Å²) in [7, 11) is 0. The minimum Gasteiger partial charge on any atom is -0.387 e. The molecule has 46 heavy (non-hydrogen) atoms. The molecular weight excluding hydrogens is 598 g/mol. The van der Waals surface area contributed by atoms with Crippen LogP contribution in [0.1, 0.15) is 16.7 Å². The molecule has 3 aromatic carbocycles. The maximum Gasteiger partial charge on any atom is 0.169 e. The summed E-state index contributed by atoms with van der Waals surface area (Å²) in [5, 5.41) is 56.1. The zero-order valence-electron chi connectivity index (χ0n) is 25.0. The first-order chi connectivity index (χ1) is 22.4. The van der Waals surface area contributed by atoms with Gasteiger partial charge in [0.2, 0.25) is 0 Å². The number of hydrogen-bond donors (Lipinski definition) is 5. The molecule has 1 aliphatic heterocycles. The van der Waals surface area contributed by atoms with Crippen LogP contribution in [-0.2, 0) is 43.5 Å². The minimum absolute atomic E-state index is 0.0118. The molecule has 11 atom stereocenters. The van der Waals surface area contributed by atoms with Gasteiger partial charge in [-0.2, -0.15) is 0 Å². The molecule has 1 heterocycles. The number of aliphatic hydroxyl groups excluding tert-OH is 5. The molecule has 0 amide bonds. The van der Waals surface area contributed by atoms with Crippen molar-refractivity contribution in [2.24, 2.45) is 5.11 Å². The molecule has 3 aromatic rings. The number of ether oxygens (including phenoxy) is 5. The average molecular weight is 638 g/mol. The monoisotopic (exact) mass is 637 g/mol. The van der Waals surface area contributed by atoms with E-state index in [0.717, 1.165) is 16.7 Å². The van der Waals surface area contributed by atoms with Crippen LogP contribution in [0.3, 0.4) is 0 Å². The highest BCUT2D eigenvalue weighted by molar-refractivity contribution is 5.16. The molecule has 0 radical (unpaired) electrons. The summed E-state index contributed by atoms with van der Waals surface area (Å²) in [4.78, 5) is 3.00. The summed E-state index contributed by atoms with van der Waals surface area (Å²) >= 11 is 0. The standard InChI is InChI=1S/C33H39N3O10/c34-36-35-24-31(44-18-22-14-8-3-9-15-22)30(43-17-21-12-6-2-7-13-21)23(19-42-16-20-10-4-1-5-11-20)45-33(24)46-32-28(40)26(38)25(37)27(39)29(32)41/h1-15,23-33,37-41H,16-19H2/t23-,24-,25?,26-,27-,28-,29+,30-,31-,32?,33-/m1/s1. The zero-order chi connectivity index (χ0) is 32.5. The smallest absolute Gasteiger partial charge is 0.169 e. The molecule has 246 valence electrons. The Bertz CT molecular complexity index is 1370. The van der Waals surface area contributed by atoms with E-state index in [1.54, 1.807) is 0 Å². The lowest BCUT2D eigenvalue weighted by atomic mass is 9.84. The van der Waals surface area contributed by atoms with Crippen LogP contribution in [0.4, 0.5) is 0 Å². The fourth-order valence-corrected chi connectivity index (χ4v) is 5.63. The Morgan fingerprint density at radius 2 is 1.07 bits per heavy atom. The van der Waals surface area contributed by atoms with Gasteiger partial charge < -0.3 is 49.2 Å². The van der Waals surface area contributed by atoms with E-state index in [1.807, 2.05) is 91.0 Å². The first kappa shape index (κ1) is 33.9. The second-order valence-electron chi connectivity index (χ2n) is 11.3. The van der Waals surface area contributed by atoms with Gasteiger partial charge in [-0.3, -0.25) is 0 Å². The van der Waals surface area contributed by atoms with Gasteiger partial charge >= 0.3 is 0 Å². The van der Waals surface area contributed by atoms with Gasteiger partial charge in [-0.15, -0.1) is 0 Å². The van der Waals surface area contributed by atoms with Crippen molar-refractivity contribution in [3.63, 3.8) is 0 Å². The van der Waals surface area contributed by atoms with E-state index < -0.39 is 67.3 Å². The van der Waals surface area contributed by atoms with Crippen molar-refractivity contribution in [3.8, 4) is 0 Å². The first-order valence-electron chi connectivity index (χ1n) is 15.1. The van der Waals surface area contributed by atoms with Crippen molar-refractivity contribution >= 4 is 0 Å². The molecule has 2 aliphatic rings. The van der Waals surface area contributed by atoms with Crippen LogP contribution in [0.5, 0.6) is 0 Å². The average Bonchev–Trinajstić information content (AvgIpc) is 3.09. The summed E-state index contributed by atoms with van der Waals surface area (Å²) in [6, 6.07) is 27.1. The first-order valence-corrected chi connectivity index (χ1v) is 15.1. The van der Waals surface area contributed by atoms with Gasteiger partial charge in [0.25, 0.3) is 0 Å². The van der Waals surface area contributed by atoms with Crippen LogP contribution in [0.2, 0.25) is 0 Å². The third kappa shape index (κ3) is 8.28. The molecule has 1 saturated heterocycles. The zero-order valence-corrected chi connectivity index (χ0v) is 25.0. The predicted molar refractivity (Wildman–Crippen MR) is 163 cm³/mol. The Hall–Kier alpha value is -3.43. The van der Waals surface area contributed by atoms with Crippen molar-refractivity contribution in [2.75, 3.05) is 6.61 Å². The Balaban J connectivity index is 1.45. The van der Waals surface area contributed by atoms with Crippen molar-refractivity contribution in [3.05, 3.63) is 118 Å². The highest BCUT2D eigenvalue weighted by atomic mass is 16.7. The minimum atomic E-state index is -1.83. The molecule has 0 aromatic heterocycles. The third-order valence-electron chi connectivity index (χ3n) is 8.13. The van der Waals surface area contributed by atoms with Gasteiger partial charge in [-0.1, -0.05) is 96.1 Å². The molecule has 0 bridgehead atoms. The van der Waals surface area contributed by atoms with E-state index in [1.165, 1.54) is 0 Å². The van der Waals surface area contributed by atoms with Crippen molar-refractivity contribution in [2.45, 2.75) is 87.1 Å². The van der Waals surface area contributed by atoms with Crippen molar-refractivity contribution in [1.82, 2.24) is 0 Å². The van der Waals surface area contributed by atoms with Crippen LogP contribution in [-0.4, -0.2) is 99.4 Å². The lowest BCUT2D eigenvalue weighted by Gasteiger charge is -2.48. The molecule has 2 unspecified atom stereocenters. The van der Waals surface area contributed by atoms with Gasteiger partial charge in [0.1, 0.15) is 61.0 Å². The quantitative estimate of drug-likeness (QED) is 0.105. The number of azide groups is 1. The number of rotatable bonds is 13. The van der Waals surface area contributed by atoms with Gasteiger partial charge in [0, 0.05) is 4.91 Å². The molecule has 1 aliphatic carbocycles. The summed E-state index contributed by atoms with van der Waals surface area (Å²) < 4.78 is 31.1. The van der Waals surface area contributed by atoms with E-state index in [2.05, 4.69) is 10.0 Å². The molecule has 2 fully saturated rings. The largest absolute Gasteiger partial charge is 0.387 e. The molecule has 5 rings (SSSR count). The van der Waals surface area contributed by atoms with Crippen LogP contribution in [0, 0.1) is 0 Å². The maximum atomic E-state index is 10.7. The molecule has 5 N–H and O–H groups in total. The van der Waals surface area contributed by atoms with Crippen LogP contribution >= 0.6 is 0 Å². The highest BCUT2D eigenvalue weighted by Gasteiger charge is 2.53. The fraction of sp³-hybridized carbons (Fsp3) is 0.455. The van der Waals surface area contributed by atoms with Crippen molar-refractivity contribution < 1.29 is 49.2 Å². The summed E-state index contributed by atoms with van der Waals surface area (Å²) in [5.41, 5.74) is 12.2. The number of aliphatic hydroxyl groups is 5. The highest BCUT2D eigenvalue weighted by Crippen LogP contribution is 2.34. The second kappa shape index (κ2) is 16.4. The Kier molecular flexibility index (Phi) is 12.1. The van der Waals surface area contributed by atoms with Gasteiger partial charge in [-0.05, 0) is 22.2 Å². The number of benzene rings is 3. The molecular formula is C33H39N3O10. The topological polar surface area (TPSA) is 196 Å². The van der Waals surface area contributed by atoms with E-state index in [0.29, 0.717) is 0 Å². The fourth-order valence-electron chi connectivity index (χ4n) is 5.63. The number of nitrogens with zero attached hydrogens (tertiary/aromatic N) is 3. The van der Waals surface area contributed by atoms with Gasteiger partial charge in [-0.25, -0.2) is 0 Å². The molecule has 1 saturated carbocycles. The molecule has 0 spiro atoms. The molecule has 13 heteroatoms. The van der Waals surface area contributed by atoms with E-state index in [4.69, 9.17) is 23.7 Å². The van der Waals surface area contributed by atoms with Gasteiger partial charge in [0.15, 0.2) is 6.29 Å². The number of hydrogen-bond acceptors (Lipinski definition) is 11. The summed E-state index contributed by atoms with van der Waals surface area (Å²) in [5.74, 6) is 0. The Morgan fingerprint density at radius 3 is 1.57 bits per heavy atom. The van der Waals surface area contributed by atoms with E-state index in [-0.39, 0.29) is 26.4 Å². The lowest BCUT2D eigenvalue weighted by molar-refractivity contribution is -0.326. The second-order valence-corrected chi connectivity index (χ2v) is 11.3. The maximum absolute atomic E-state index is 10.7. The predicted octanol–water partition coefficient (Wildman–Crippen LogP) is 1.98. The Morgan fingerprint density at radius 1 is 0.609 bits per heavy atom. The summed E-state index contributed by atoms with van der Waals surface area (Å²) in [6.45, 7) is 0.516. The van der Waals surface area contributed by atoms with E-state index >= 15 is 0 Å². The van der Waals surface area contributed by atoms with Crippen LogP contribution in [0.15, 0.2) is 96.1 Å². The van der Waals surface area contributed by atoms with E-state index in [9.17, 15) is 31.1 Å². The Labute approximate surface area is 266 Å².